The van der Waals surface area contributed by atoms with E-state index in [0.29, 0.717) is 30.4 Å². The number of nitrogen functional groups attached to an aromatic ring is 1. The van der Waals surface area contributed by atoms with Crippen molar-refractivity contribution in [3.05, 3.63) is 23.8 Å². The molecule has 118 valence electrons. The molecule has 0 aliphatic carbocycles. The van der Waals surface area contributed by atoms with Crippen LogP contribution >= 0.6 is 0 Å². The fraction of sp³-hybridized carbons (Fsp3) is 0.562. The van der Waals surface area contributed by atoms with E-state index in [1.807, 2.05) is 6.92 Å². The van der Waals surface area contributed by atoms with Gasteiger partial charge in [0, 0.05) is 32.1 Å². The molecule has 0 aliphatic rings. The summed E-state index contributed by atoms with van der Waals surface area (Å²) in [7, 11) is 3.48. The van der Waals surface area contributed by atoms with E-state index in [2.05, 4.69) is 19.2 Å². The largest absolute Gasteiger partial charge is 0.399 e. The molecule has 1 aromatic carbocycles. The number of ether oxygens (including phenoxy) is 1. The van der Waals surface area contributed by atoms with Gasteiger partial charge in [0.25, 0.3) is 5.91 Å². The molecule has 21 heavy (non-hydrogen) atoms. The Labute approximate surface area is 127 Å². The molecule has 0 aromatic heterocycles. The minimum absolute atomic E-state index is 0.0450. The third-order valence-corrected chi connectivity index (χ3v) is 3.33. The summed E-state index contributed by atoms with van der Waals surface area (Å²) in [6, 6.07) is 5.44. The second kappa shape index (κ2) is 7.88. The van der Waals surface area contributed by atoms with Crippen LogP contribution in [0, 0.1) is 5.92 Å². The van der Waals surface area contributed by atoms with Crippen molar-refractivity contribution in [1.29, 1.82) is 0 Å². The first-order chi connectivity index (χ1) is 9.86. The van der Waals surface area contributed by atoms with Crippen molar-refractivity contribution in [3.63, 3.8) is 0 Å². The zero-order valence-electron chi connectivity index (χ0n) is 13.6. The maximum atomic E-state index is 12.3. The third-order valence-electron chi connectivity index (χ3n) is 3.33. The summed E-state index contributed by atoms with van der Waals surface area (Å²) in [5.41, 5.74) is 7.87. The molecule has 0 bridgehead atoms. The van der Waals surface area contributed by atoms with Crippen LogP contribution in [0.1, 0.15) is 31.1 Å². The van der Waals surface area contributed by atoms with Crippen LogP contribution in [0.5, 0.6) is 0 Å². The molecular formula is C16H27N3O2. The summed E-state index contributed by atoms with van der Waals surface area (Å²) in [6.45, 7) is 7.48. The molecule has 5 nitrogen and oxygen atoms in total. The van der Waals surface area contributed by atoms with Crippen molar-refractivity contribution in [2.75, 3.05) is 38.4 Å². The third kappa shape index (κ3) is 4.93. The molecular weight excluding hydrogens is 266 g/mol. The zero-order chi connectivity index (χ0) is 16.0. The van der Waals surface area contributed by atoms with Gasteiger partial charge < -0.3 is 20.7 Å². The first-order valence-corrected chi connectivity index (χ1v) is 7.32. The quantitative estimate of drug-likeness (QED) is 0.758. The van der Waals surface area contributed by atoms with E-state index in [4.69, 9.17) is 10.5 Å². The predicted octanol–water partition coefficient (Wildman–Crippen LogP) is 2.44. The van der Waals surface area contributed by atoms with E-state index in [1.54, 1.807) is 37.2 Å². The number of hydrogen-bond donors (Lipinski definition) is 2. The Morgan fingerprint density at radius 2 is 2.05 bits per heavy atom. The Morgan fingerprint density at radius 1 is 1.38 bits per heavy atom. The number of amides is 1. The molecule has 0 fully saturated rings. The number of nitrogens with zero attached hydrogens (tertiary/aromatic N) is 1. The highest BCUT2D eigenvalue weighted by Gasteiger charge is 2.19. The van der Waals surface area contributed by atoms with Crippen molar-refractivity contribution in [2.24, 2.45) is 5.92 Å². The van der Waals surface area contributed by atoms with Gasteiger partial charge in [-0.3, -0.25) is 4.79 Å². The van der Waals surface area contributed by atoms with Crippen LogP contribution in [-0.4, -0.2) is 44.2 Å². The lowest BCUT2D eigenvalue weighted by molar-refractivity contribution is 0.0828. The first kappa shape index (κ1) is 17.3. The highest BCUT2D eigenvalue weighted by Crippen LogP contribution is 2.23. The highest BCUT2D eigenvalue weighted by atomic mass is 16.5. The van der Waals surface area contributed by atoms with Crippen LogP contribution < -0.4 is 11.1 Å². The SMILES string of the molecule is CCOCC(Nc1cc(N)ccc1C(=O)N(C)C)C(C)C. The van der Waals surface area contributed by atoms with Gasteiger partial charge >= 0.3 is 0 Å². The van der Waals surface area contributed by atoms with E-state index in [9.17, 15) is 4.79 Å². The monoisotopic (exact) mass is 293 g/mol. The van der Waals surface area contributed by atoms with E-state index in [-0.39, 0.29) is 11.9 Å². The molecule has 5 heteroatoms. The Morgan fingerprint density at radius 3 is 2.57 bits per heavy atom. The fourth-order valence-corrected chi connectivity index (χ4v) is 1.95. The number of carbonyl (C=O) groups excluding carboxylic acids is 1. The minimum atomic E-state index is -0.0450. The Bertz CT molecular complexity index is 473. The summed E-state index contributed by atoms with van der Waals surface area (Å²) in [6.07, 6.45) is 0. The van der Waals surface area contributed by atoms with Crippen molar-refractivity contribution in [2.45, 2.75) is 26.8 Å². The van der Waals surface area contributed by atoms with Crippen molar-refractivity contribution in [3.8, 4) is 0 Å². The molecule has 0 radical (unpaired) electrons. The summed E-state index contributed by atoms with van der Waals surface area (Å²) < 4.78 is 5.52. The molecule has 1 rings (SSSR count). The smallest absolute Gasteiger partial charge is 0.255 e. The Kier molecular flexibility index (Phi) is 6.49. The van der Waals surface area contributed by atoms with Gasteiger partial charge in [-0.2, -0.15) is 0 Å². The van der Waals surface area contributed by atoms with Gasteiger partial charge in [-0.15, -0.1) is 0 Å². The molecule has 0 heterocycles. The van der Waals surface area contributed by atoms with Crippen molar-refractivity contribution >= 4 is 17.3 Å². The van der Waals surface area contributed by atoms with Crippen LogP contribution in [0.15, 0.2) is 18.2 Å². The molecule has 1 unspecified atom stereocenters. The summed E-state index contributed by atoms with van der Waals surface area (Å²) in [4.78, 5) is 13.8. The average molecular weight is 293 g/mol. The highest BCUT2D eigenvalue weighted by molar-refractivity contribution is 6.00. The Balaban J connectivity index is 3.03. The molecule has 1 aromatic rings. The van der Waals surface area contributed by atoms with Gasteiger partial charge in [-0.1, -0.05) is 13.8 Å². The van der Waals surface area contributed by atoms with Crippen molar-refractivity contribution in [1.82, 2.24) is 4.90 Å². The molecule has 0 aliphatic heterocycles. The van der Waals surface area contributed by atoms with E-state index in [1.165, 1.54) is 0 Å². The number of carbonyl (C=O) groups is 1. The van der Waals surface area contributed by atoms with Gasteiger partial charge in [-0.05, 0) is 31.0 Å². The van der Waals surface area contributed by atoms with E-state index in [0.717, 1.165) is 5.69 Å². The fourth-order valence-electron chi connectivity index (χ4n) is 1.95. The van der Waals surface area contributed by atoms with Gasteiger partial charge in [0.1, 0.15) is 0 Å². The molecule has 0 spiro atoms. The second-order valence-electron chi connectivity index (χ2n) is 5.66. The maximum absolute atomic E-state index is 12.3. The van der Waals surface area contributed by atoms with Crippen molar-refractivity contribution < 1.29 is 9.53 Å². The van der Waals surface area contributed by atoms with Gasteiger partial charge in [-0.25, -0.2) is 0 Å². The number of benzene rings is 1. The maximum Gasteiger partial charge on any atom is 0.255 e. The lowest BCUT2D eigenvalue weighted by Gasteiger charge is -2.25. The average Bonchev–Trinajstić information content (AvgIpc) is 2.42. The number of nitrogens with two attached hydrogens (primary N) is 1. The number of nitrogens with one attached hydrogen (secondary N) is 1. The van der Waals surface area contributed by atoms with Crippen LogP contribution in [-0.2, 0) is 4.74 Å². The van der Waals surface area contributed by atoms with E-state index >= 15 is 0 Å². The molecule has 0 saturated carbocycles. The number of rotatable bonds is 7. The lowest BCUT2D eigenvalue weighted by Crippen LogP contribution is -2.32. The zero-order valence-corrected chi connectivity index (χ0v) is 13.6. The molecule has 1 amide bonds. The Hall–Kier alpha value is -1.75. The number of anilines is 2. The van der Waals surface area contributed by atoms with Crippen LogP contribution in [0.3, 0.4) is 0 Å². The normalized spacial score (nSPS) is 12.3. The summed E-state index contributed by atoms with van der Waals surface area (Å²) >= 11 is 0. The van der Waals surface area contributed by atoms with Crippen LogP contribution in [0.4, 0.5) is 11.4 Å². The minimum Gasteiger partial charge on any atom is -0.399 e. The molecule has 3 N–H and O–H groups in total. The van der Waals surface area contributed by atoms with Crippen LogP contribution in [0.2, 0.25) is 0 Å². The number of hydrogen-bond acceptors (Lipinski definition) is 4. The molecule has 1 atom stereocenters. The first-order valence-electron chi connectivity index (χ1n) is 7.32. The molecule has 0 saturated heterocycles. The van der Waals surface area contributed by atoms with E-state index < -0.39 is 0 Å². The summed E-state index contributed by atoms with van der Waals surface area (Å²) in [5, 5.41) is 3.41. The van der Waals surface area contributed by atoms with Gasteiger partial charge in [0.15, 0.2) is 0 Å². The predicted molar refractivity (Wildman–Crippen MR) is 87.6 cm³/mol. The lowest BCUT2D eigenvalue weighted by atomic mass is 10.0. The standard InChI is InChI=1S/C16H27N3O2/c1-6-21-10-15(11(2)3)18-14-9-12(17)7-8-13(14)16(20)19(4)5/h7-9,11,15,18H,6,10,17H2,1-5H3. The summed E-state index contributed by atoms with van der Waals surface area (Å²) in [5.74, 6) is 0.330. The topological polar surface area (TPSA) is 67.6 Å². The van der Waals surface area contributed by atoms with Gasteiger partial charge in [0.2, 0.25) is 0 Å². The second-order valence-corrected chi connectivity index (χ2v) is 5.66. The van der Waals surface area contributed by atoms with Crippen LogP contribution in [0.25, 0.3) is 0 Å². The van der Waals surface area contributed by atoms with Gasteiger partial charge in [0.05, 0.1) is 18.2 Å².